The summed E-state index contributed by atoms with van der Waals surface area (Å²) in [5.74, 6) is -0.0744. The van der Waals surface area contributed by atoms with Gasteiger partial charge in [0, 0.05) is 12.8 Å². The van der Waals surface area contributed by atoms with Crippen LogP contribution in [0.1, 0.15) is 303 Å². The number of esters is 1. The van der Waals surface area contributed by atoms with E-state index >= 15 is 0 Å². The number of ether oxygens (including phenoxy) is 1. The minimum absolute atomic E-state index is 0.0185. The van der Waals surface area contributed by atoms with E-state index in [-0.39, 0.29) is 18.5 Å². The lowest BCUT2D eigenvalue weighted by molar-refractivity contribution is -0.143. The van der Waals surface area contributed by atoms with Gasteiger partial charge in [-0.05, 0) is 57.8 Å². The molecule has 0 radical (unpaired) electrons. The topological polar surface area (TPSA) is 95.9 Å². The summed E-state index contributed by atoms with van der Waals surface area (Å²) in [6.07, 6.45) is 63.0. The molecule has 0 rings (SSSR count). The third kappa shape index (κ3) is 49.6. The van der Waals surface area contributed by atoms with E-state index < -0.39 is 12.1 Å². The van der Waals surface area contributed by atoms with E-state index in [1.165, 1.54) is 193 Å². The lowest BCUT2D eigenvalue weighted by Gasteiger charge is -2.22. The smallest absolute Gasteiger partial charge is 0.305 e. The Morgan fingerprint density at radius 2 is 0.778 bits per heavy atom. The molecule has 0 fully saturated rings. The summed E-state index contributed by atoms with van der Waals surface area (Å²) in [7, 11) is 0. The molecule has 0 aliphatic heterocycles. The number of aliphatic hydroxyl groups is 2. The van der Waals surface area contributed by atoms with Gasteiger partial charge in [0.2, 0.25) is 5.91 Å². The van der Waals surface area contributed by atoms with Gasteiger partial charge in [-0.2, -0.15) is 0 Å². The Morgan fingerprint density at radius 3 is 1.17 bits per heavy atom. The molecular weight excluding hydrogens is 779 g/mol. The fourth-order valence-electron chi connectivity index (χ4n) is 8.69. The van der Waals surface area contributed by atoms with Crippen molar-refractivity contribution in [2.45, 2.75) is 315 Å². The maximum absolute atomic E-state index is 12.5. The highest BCUT2D eigenvalue weighted by Gasteiger charge is 2.20. The van der Waals surface area contributed by atoms with Crippen LogP contribution in [0.5, 0.6) is 0 Å². The Bertz CT molecular complexity index is 982. The Hall–Kier alpha value is -1.66. The number of hydrogen-bond acceptors (Lipinski definition) is 5. The average Bonchev–Trinajstić information content (AvgIpc) is 3.28. The van der Waals surface area contributed by atoms with Gasteiger partial charge in [0.15, 0.2) is 0 Å². The van der Waals surface area contributed by atoms with Gasteiger partial charge in [-0.25, -0.2) is 0 Å². The standard InChI is InChI=1S/C57H109NO5/c1-3-5-7-9-11-13-15-17-19-22-25-29-33-37-41-45-49-55(60)54(53-59)58-56(61)50-46-42-38-34-30-26-23-20-24-28-32-36-40-44-48-52-63-57(62)51-47-43-39-35-31-27-21-18-16-14-12-10-8-6-4-2/h20,24,28,32,54-55,59-60H,3-19,21-23,25-27,29-31,33-53H2,1-2H3,(H,58,61)/b24-20-,32-28-. The Balaban J connectivity index is 3.51. The first-order chi connectivity index (χ1) is 31.0. The molecule has 1 amide bonds. The first-order valence-corrected chi connectivity index (χ1v) is 28.1. The van der Waals surface area contributed by atoms with E-state index in [1.807, 2.05) is 0 Å². The van der Waals surface area contributed by atoms with E-state index in [0.29, 0.717) is 25.9 Å². The fourth-order valence-corrected chi connectivity index (χ4v) is 8.69. The van der Waals surface area contributed by atoms with Gasteiger partial charge in [0.05, 0.1) is 25.4 Å². The Labute approximate surface area is 392 Å². The van der Waals surface area contributed by atoms with Crippen LogP contribution in [0, 0.1) is 0 Å². The number of rotatable bonds is 52. The van der Waals surface area contributed by atoms with Crippen molar-refractivity contribution in [2.75, 3.05) is 13.2 Å². The molecule has 0 heterocycles. The maximum atomic E-state index is 12.5. The van der Waals surface area contributed by atoms with Crippen LogP contribution >= 0.6 is 0 Å². The first kappa shape index (κ1) is 61.3. The van der Waals surface area contributed by atoms with Crippen LogP contribution in [-0.4, -0.2) is 47.4 Å². The summed E-state index contributed by atoms with van der Waals surface area (Å²) in [5, 5.41) is 23.2. The molecule has 372 valence electrons. The molecule has 0 aliphatic carbocycles. The van der Waals surface area contributed by atoms with E-state index in [2.05, 4.69) is 43.5 Å². The molecule has 6 nitrogen and oxygen atoms in total. The number of unbranched alkanes of at least 4 members (excludes halogenated alkanes) is 38. The van der Waals surface area contributed by atoms with Gasteiger partial charge in [-0.1, -0.05) is 256 Å². The molecule has 6 heteroatoms. The number of carbonyl (C=O) groups is 2. The zero-order valence-corrected chi connectivity index (χ0v) is 42.3. The van der Waals surface area contributed by atoms with Gasteiger partial charge >= 0.3 is 5.97 Å². The van der Waals surface area contributed by atoms with E-state index in [9.17, 15) is 19.8 Å². The van der Waals surface area contributed by atoms with E-state index in [4.69, 9.17) is 4.74 Å². The molecule has 0 aliphatic rings. The van der Waals surface area contributed by atoms with Crippen LogP contribution in [0.3, 0.4) is 0 Å². The highest BCUT2D eigenvalue weighted by Crippen LogP contribution is 2.17. The molecule has 2 unspecified atom stereocenters. The zero-order chi connectivity index (χ0) is 45.8. The Kier molecular flexibility index (Phi) is 51.6. The number of amides is 1. The summed E-state index contributed by atoms with van der Waals surface area (Å²) in [5.41, 5.74) is 0. The van der Waals surface area contributed by atoms with Crippen LogP contribution in [-0.2, 0) is 14.3 Å². The third-order valence-corrected chi connectivity index (χ3v) is 13.0. The quantitative estimate of drug-likeness (QED) is 0.0321. The van der Waals surface area contributed by atoms with Crippen LogP contribution in [0.4, 0.5) is 0 Å². The van der Waals surface area contributed by atoms with Gasteiger partial charge in [0.1, 0.15) is 0 Å². The SMILES string of the molecule is CCCCCCCCCCCCCCCCCCC(O)C(CO)NC(=O)CCCCCCCC/C=C\C=C/CCCCCOC(=O)CCCCCCCCCCCCCCCCC. The molecule has 3 N–H and O–H groups in total. The number of carbonyl (C=O) groups excluding carboxylic acids is 2. The molecule has 0 aromatic rings. The van der Waals surface area contributed by atoms with Gasteiger partial charge in [-0.15, -0.1) is 0 Å². The summed E-state index contributed by atoms with van der Waals surface area (Å²) in [4.78, 5) is 24.5. The predicted octanol–water partition coefficient (Wildman–Crippen LogP) is 17.1. The lowest BCUT2D eigenvalue weighted by Crippen LogP contribution is -2.45. The van der Waals surface area contributed by atoms with Crippen molar-refractivity contribution in [1.29, 1.82) is 0 Å². The number of allylic oxidation sites excluding steroid dienone is 4. The molecule has 0 bridgehead atoms. The van der Waals surface area contributed by atoms with Crippen LogP contribution in [0.25, 0.3) is 0 Å². The molecule has 0 spiro atoms. The summed E-state index contributed by atoms with van der Waals surface area (Å²) >= 11 is 0. The van der Waals surface area contributed by atoms with Crippen molar-refractivity contribution in [3.05, 3.63) is 24.3 Å². The largest absolute Gasteiger partial charge is 0.466 e. The van der Waals surface area contributed by atoms with E-state index in [0.717, 1.165) is 77.0 Å². The fraction of sp³-hybridized carbons (Fsp3) is 0.895. The second kappa shape index (κ2) is 53.0. The monoisotopic (exact) mass is 888 g/mol. The van der Waals surface area contributed by atoms with Crippen molar-refractivity contribution in [3.63, 3.8) is 0 Å². The van der Waals surface area contributed by atoms with Gasteiger partial charge < -0.3 is 20.3 Å². The van der Waals surface area contributed by atoms with Gasteiger partial charge in [-0.3, -0.25) is 9.59 Å². The summed E-state index contributed by atoms with van der Waals surface area (Å²) in [6, 6.07) is -0.557. The van der Waals surface area contributed by atoms with Crippen LogP contribution in [0.2, 0.25) is 0 Å². The molecule has 2 atom stereocenters. The number of nitrogens with one attached hydrogen (secondary N) is 1. The highest BCUT2D eigenvalue weighted by molar-refractivity contribution is 5.76. The summed E-state index contributed by atoms with van der Waals surface area (Å²) in [6.45, 7) is 4.91. The first-order valence-electron chi connectivity index (χ1n) is 28.1. The minimum Gasteiger partial charge on any atom is -0.466 e. The Morgan fingerprint density at radius 1 is 0.444 bits per heavy atom. The molecule has 63 heavy (non-hydrogen) atoms. The summed E-state index contributed by atoms with van der Waals surface area (Å²) < 4.78 is 5.45. The van der Waals surface area contributed by atoms with Crippen molar-refractivity contribution in [1.82, 2.24) is 5.32 Å². The third-order valence-electron chi connectivity index (χ3n) is 13.0. The molecular formula is C57H109NO5. The molecule has 0 saturated carbocycles. The number of aliphatic hydroxyl groups excluding tert-OH is 2. The second-order valence-electron chi connectivity index (χ2n) is 19.3. The van der Waals surface area contributed by atoms with Crippen LogP contribution in [0.15, 0.2) is 24.3 Å². The second-order valence-corrected chi connectivity index (χ2v) is 19.3. The highest BCUT2D eigenvalue weighted by atomic mass is 16.5. The molecule has 0 saturated heterocycles. The lowest BCUT2D eigenvalue weighted by atomic mass is 10.0. The number of hydrogen-bond donors (Lipinski definition) is 3. The van der Waals surface area contributed by atoms with Crippen molar-refractivity contribution < 1.29 is 24.5 Å². The van der Waals surface area contributed by atoms with Crippen LogP contribution < -0.4 is 5.32 Å². The molecule has 0 aromatic carbocycles. The van der Waals surface area contributed by atoms with Gasteiger partial charge in [0.25, 0.3) is 0 Å². The maximum Gasteiger partial charge on any atom is 0.305 e. The predicted molar refractivity (Wildman–Crippen MR) is 273 cm³/mol. The zero-order valence-electron chi connectivity index (χ0n) is 42.3. The van der Waals surface area contributed by atoms with E-state index in [1.54, 1.807) is 0 Å². The van der Waals surface area contributed by atoms with Crippen molar-refractivity contribution in [2.24, 2.45) is 0 Å². The van der Waals surface area contributed by atoms with Crippen molar-refractivity contribution in [3.8, 4) is 0 Å². The average molecular weight is 889 g/mol. The van der Waals surface area contributed by atoms with Crippen molar-refractivity contribution >= 4 is 11.9 Å². The molecule has 0 aromatic heterocycles. The minimum atomic E-state index is -0.678. The normalized spacial score (nSPS) is 12.8.